The fourth-order valence-corrected chi connectivity index (χ4v) is 4.50. The second kappa shape index (κ2) is 8.81. The third-order valence-corrected chi connectivity index (χ3v) is 5.99. The fraction of sp³-hybridized carbons (Fsp3) is 0.435. The van der Waals surface area contributed by atoms with E-state index in [2.05, 4.69) is 26.8 Å². The molecule has 2 aromatic rings. The largest absolute Gasteiger partial charge is 0.379 e. The van der Waals surface area contributed by atoms with Crippen molar-refractivity contribution in [1.29, 1.82) is 0 Å². The minimum absolute atomic E-state index is 0.0210. The first-order valence-electron chi connectivity index (χ1n) is 10.6. The average molecular weight is 410 g/mol. The van der Waals surface area contributed by atoms with E-state index in [0.717, 1.165) is 56.5 Å². The minimum atomic E-state index is -0.233. The molecule has 3 heterocycles. The van der Waals surface area contributed by atoms with Gasteiger partial charge in [-0.2, -0.15) is 0 Å². The predicted molar refractivity (Wildman–Crippen MR) is 114 cm³/mol. The number of morpholine rings is 2. The molecule has 5 rings (SSSR count). The van der Waals surface area contributed by atoms with Gasteiger partial charge in [0.1, 0.15) is 24.0 Å². The Bertz CT molecular complexity index is 865. The van der Waals surface area contributed by atoms with Crippen LogP contribution in [-0.2, 0) is 9.47 Å². The zero-order valence-corrected chi connectivity index (χ0v) is 17.0. The van der Waals surface area contributed by atoms with Crippen molar-refractivity contribution < 1.29 is 13.9 Å². The lowest BCUT2D eigenvalue weighted by Crippen LogP contribution is -2.60. The van der Waals surface area contributed by atoms with Gasteiger partial charge in [0.25, 0.3) is 0 Å². The number of nitrogens with zero attached hydrogens (tertiary/aromatic N) is 4. The van der Waals surface area contributed by atoms with Crippen LogP contribution in [0.4, 0.5) is 10.1 Å². The Hall–Kier alpha value is -2.32. The number of ether oxygens (including phenoxy) is 2. The number of hydrogen-bond acceptors (Lipinski definition) is 6. The summed E-state index contributed by atoms with van der Waals surface area (Å²) in [5.74, 6) is 0.694. The van der Waals surface area contributed by atoms with Gasteiger partial charge in [-0.15, -0.1) is 0 Å². The Balaban J connectivity index is 1.59. The fourth-order valence-electron chi connectivity index (χ4n) is 4.50. The highest BCUT2D eigenvalue weighted by atomic mass is 19.1. The highest BCUT2D eigenvalue weighted by molar-refractivity contribution is 6.11. The van der Waals surface area contributed by atoms with Crippen molar-refractivity contribution in [2.45, 2.75) is 12.3 Å². The lowest BCUT2D eigenvalue weighted by molar-refractivity contribution is -0.0273. The molecule has 0 aliphatic carbocycles. The molecule has 0 bridgehead atoms. The molecule has 2 fully saturated rings. The van der Waals surface area contributed by atoms with Crippen LogP contribution in [0.15, 0.2) is 59.6 Å². The summed E-state index contributed by atoms with van der Waals surface area (Å²) in [6.07, 6.45) is -0.0000680. The molecule has 158 valence electrons. The van der Waals surface area contributed by atoms with Crippen molar-refractivity contribution in [2.24, 2.45) is 4.99 Å². The minimum Gasteiger partial charge on any atom is -0.379 e. The zero-order valence-electron chi connectivity index (χ0n) is 17.0. The summed E-state index contributed by atoms with van der Waals surface area (Å²) in [5.41, 5.74) is 2.02. The Labute approximate surface area is 176 Å². The third-order valence-electron chi connectivity index (χ3n) is 5.99. The standard InChI is InChI=1S/C23H27FN4O2/c24-19-6-8-20(9-7-19)28-21(18-4-2-1-3-5-18)25-22(26-10-14-29-15-11-26)23(28)27-12-16-30-17-13-27/h1-9,22-23H,10-17H2/t22-,23+/m1/s1. The maximum absolute atomic E-state index is 13.7. The van der Waals surface area contributed by atoms with Crippen LogP contribution in [0.3, 0.4) is 0 Å². The molecular weight excluding hydrogens is 383 g/mol. The predicted octanol–water partition coefficient (Wildman–Crippen LogP) is 2.41. The molecule has 2 aromatic carbocycles. The molecule has 0 saturated carbocycles. The molecule has 0 N–H and O–H groups in total. The van der Waals surface area contributed by atoms with Crippen LogP contribution in [0.1, 0.15) is 5.56 Å². The Kier molecular flexibility index (Phi) is 5.77. The van der Waals surface area contributed by atoms with Gasteiger partial charge >= 0.3 is 0 Å². The van der Waals surface area contributed by atoms with Gasteiger partial charge in [0.2, 0.25) is 0 Å². The molecule has 7 heteroatoms. The zero-order chi connectivity index (χ0) is 20.3. The van der Waals surface area contributed by atoms with Crippen molar-refractivity contribution in [1.82, 2.24) is 9.80 Å². The maximum atomic E-state index is 13.7. The highest BCUT2D eigenvalue weighted by Gasteiger charge is 2.44. The number of hydrogen-bond donors (Lipinski definition) is 0. The molecule has 30 heavy (non-hydrogen) atoms. The third kappa shape index (κ3) is 3.86. The lowest BCUT2D eigenvalue weighted by Gasteiger charge is -2.43. The first-order chi connectivity index (χ1) is 14.8. The van der Waals surface area contributed by atoms with E-state index in [1.165, 1.54) is 12.1 Å². The van der Waals surface area contributed by atoms with Gasteiger partial charge in [0.05, 0.1) is 26.4 Å². The highest BCUT2D eigenvalue weighted by Crippen LogP contribution is 2.33. The summed E-state index contributed by atoms with van der Waals surface area (Å²) in [7, 11) is 0. The first kappa shape index (κ1) is 19.6. The van der Waals surface area contributed by atoms with E-state index < -0.39 is 0 Å². The van der Waals surface area contributed by atoms with Crippen molar-refractivity contribution in [3.05, 3.63) is 66.0 Å². The van der Waals surface area contributed by atoms with Gasteiger partial charge in [-0.25, -0.2) is 9.38 Å². The maximum Gasteiger partial charge on any atom is 0.139 e. The van der Waals surface area contributed by atoms with E-state index in [1.807, 2.05) is 30.3 Å². The second-order valence-electron chi connectivity index (χ2n) is 7.79. The van der Waals surface area contributed by atoms with E-state index in [-0.39, 0.29) is 18.1 Å². The second-order valence-corrected chi connectivity index (χ2v) is 7.79. The van der Waals surface area contributed by atoms with Crippen LogP contribution in [0.5, 0.6) is 0 Å². The number of aliphatic imine (C=N–C) groups is 1. The van der Waals surface area contributed by atoms with E-state index in [0.29, 0.717) is 13.2 Å². The average Bonchev–Trinajstić information content (AvgIpc) is 3.22. The monoisotopic (exact) mass is 410 g/mol. The van der Waals surface area contributed by atoms with Crippen molar-refractivity contribution in [3.8, 4) is 0 Å². The van der Waals surface area contributed by atoms with Crippen molar-refractivity contribution >= 4 is 11.5 Å². The number of rotatable bonds is 4. The summed E-state index contributed by atoms with van der Waals surface area (Å²) in [4.78, 5) is 12.4. The summed E-state index contributed by atoms with van der Waals surface area (Å²) in [6.45, 7) is 6.27. The van der Waals surface area contributed by atoms with Crippen molar-refractivity contribution in [3.63, 3.8) is 0 Å². The molecule has 6 nitrogen and oxygen atoms in total. The number of anilines is 1. The van der Waals surface area contributed by atoms with E-state index >= 15 is 0 Å². The summed E-state index contributed by atoms with van der Waals surface area (Å²) >= 11 is 0. The van der Waals surface area contributed by atoms with Crippen LogP contribution < -0.4 is 4.90 Å². The van der Waals surface area contributed by atoms with E-state index in [4.69, 9.17) is 14.5 Å². The van der Waals surface area contributed by atoms with E-state index in [9.17, 15) is 4.39 Å². The lowest BCUT2D eigenvalue weighted by atomic mass is 10.1. The molecular formula is C23H27FN4O2. The van der Waals surface area contributed by atoms with Crippen LogP contribution >= 0.6 is 0 Å². The molecule has 0 aromatic heterocycles. The number of amidine groups is 1. The van der Waals surface area contributed by atoms with Crippen LogP contribution in [0.2, 0.25) is 0 Å². The van der Waals surface area contributed by atoms with Crippen molar-refractivity contribution in [2.75, 3.05) is 57.5 Å². The first-order valence-corrected chi connectivity index (χ1v) is 10.6. The van der Waals surface area contributed by atoms with Gasteiger partial charge in [-0.1, -0.05) is 30.3 Å². The molecule has 0 radical (unpaired) electrons. The molecule has 2 saturated heterocycles. The van der Waals surface area contributed by atoms with Gasteiger partial charge in [-0.3, -0.25) is 9.80 Å². The molecule has 0 spiro atoms. The topological polar surface area (TPSA) is 40.5 Å². The quantitative estimate of drug-likeness (QED) is 0.774. The molecule has 3 aliphatic heterocycles. The Morgan fingerprint density at radius 3 is 2.00 bits per heavy atom. The summed E-state index contributed by atoms with van der Waals surface area (Å²) < 4.78 is 24.9. The van der Waals surface area contributed by atoms with Crippen LogP contribution in [0, 0.1) is 5.82 Å². The van der Waals surface area contributed by atoms with Crippen LogP contribution in [0.25, 0.3) is 0 Å². The van der Waals surface area contributed by atoms with Gasteiger partial charge in [0, 0.05) is 37.4 Å². The molecule has 3 aliphatic rings. The van der Waals surface area contributed by atoms with Gasteiger partial charge < -0.3 is 14.4 Å². The SMILES string of the molecule is Fc1ccc(N2C(c3ccccc3)=N[C@H](N3CCOCC3)[C@H]2N2CCOCC2)cc1. The number of benzene rings is 2. The number of halogens is 1. The smallest absolute Gasteiger partial charge is 0.139 e. The summed E-state index contributed by atoms with van der Waals surface area (Å²) in [6, 6.07) is 17.0. The Morgan fingerprint density at radius 2 is 1.37 bits per heavy atom. The molecule has 2 atom stereocenters. The van der Waals surface area contributed by atoms with Gasteiger partial charge in [-0.05, 0) is 24.3 Å². The molecule has 0 unspecified atom stereocenters. The van der Waals surface area contributed by atoms with E-state index in [1.54, 1.807) is 0 Å². The normalized spacial score (nSPS) is 26.0. The van der Waals surface area contributed by atoms with Crippen LogP contribution in [-0.4, -0.2) is 80.6 Å². The Morgan fingerprint density at radius 1 is 0.767 bits per heavy atom. The summed E-state index contributed by atoms with van der Waals surface area (Å²) in [5, 5.41) is 0. The molecule has 0 amide bonds. The van der Waals surface area contributed by atoms with Gasteiger partial charge in [0.15, 0.2) is 0 Å².